The van der Waals surface area contributed by atoms with Gasteiger partial charge in [-0.15, -0.1) is 0 Å². The number of halogens is 1. The van der Waals surface area contributed by atoms with Crippen molar-refractivity contribution < 1.29 is 17.5 Å². The molecule has 1 aliphatic rings. The van der Waals surface area contributed by atoms with Crippen LogP contribution < -0.4 is 14.8 Å². The highest BCUT2D eigenvalue weighted by atomic mass is 32.2. The van der Waals surface area contributed by atoms with Crippen LogP contribution in [0, 0.1) is 5.82 Å². The fourth-order valence-electron chi connectivity index (χ4n) is 1.65. The summed E-state index contributed by atoms with van der Waals surface area (Å²) in [6.07, 6.45) is 2.22. The summed E-state index contributed by atoms with van der Waals surface area (Å²) in [6.45, 7) is 0.401. The molecule has 7 heteroatoms. The maximum Gasteiger partial charge on any atom is 0.233 e. The summed E-state index contributed by atoms with van der Waals surface area (Å²) >= 11 is 0. The highest BCUT2D eigenvalue weighted by Crippen LogP contribution is 2.21. The van der Waals surface area contributed by atoms with Gasteiger partial charge < -0.3 is 10.1 Å². The first-order chi connectivity index (χ1) is 9.00. The predicted octanol–water partition coefficient (Wildman–Crippen LogP) is 1.33. The van der Waals surface area contributed by atoms with E-state index in [1.165, 1.54) is 19.2 Å². The van der Waals surface area contributed by atoms with Crippen LogP contribution in [0.1, 0.15) is 12.8 Å². The SMILES string of the molecule is COc1ccc(NS(=O)(=O)CCNC2CC2)cc1F. The van der Waals surface area contributed by atoms with Crippen molar-refractivity contribution in [3.05, 3.63) is 24.0 Å². The second-order valence-electron chi connectivity index (χ2n) is 4.50. The van der Waals surface area contributed by atoms with Gasteiger partial charge in [-0.3, -0.25) is 4.72 Å². The van der Waals surface area contributed by atoms with Gasteiger partial charge in [-0.25, -0.2) is 12.8 Å². The number of ether oxygens (including phenoxy) is 1. The zero-order chi connectivity index (χ0) is 13.9. The van der Waals surface area contributed by atoms with Gasteiger partial charge in [0.05, 0.1) is 18.6 Å². The number of hydrogen-bond donors (Lipinski definition) is 2. The highest BCUT2D eigenvalue weighted by molar-refractivity contribution is 7.92. The Balaban J connectivity index is 1.92. The van der Waals surface area contributed by atoms with E-state index in [1.54, 1.807) is 0 Å². The number of anilines is 1. The largest absolute Gasteiger partial charge is 0.494 e. The molecule has 0 unspecified atom stereocenters. The van der Waals surface area contributed by atoms with Crippen LogP contribution in [0.3, 0.4) is 0 Å². The Kier molecular flexibility index (Phi) is 4.26. The van der Waals surface area contributed by atoms with Gasteiger partial charge in [0.15, 0.2) is 11.6 Å². The van der Waals surface area contributed by atoms with Gasteiger partial charge in [0, 0.05) is 18.7 Å². The van der Waals surface area contributed by atoms with Crippen LogP contribution in [0.15, 0.2) is 18.2 Å². The summed E-state index contributed by atoms with van der Waals surface area (Å²) in [6, 6.07) is 4.42. The van der Waals surface area contributed by atoms with Gasteiger partial charge in [-0.2, -0.15) is 0 Å². The molecule has 0 aliphatic heterocycles. The summed E-state index contributed by atoms with van der Waals surface area (Å²) in [5.41, 5.74) is 0.199. The van der Waals surface area contributed by atoms with Crippen LogP contribution in [-0.2, 0) is 10.0 Å². The van der Waals surface area contributed by atoms with Crippen molar-refractivity contribution in [3.63, 3.8) is 0 Å². The molecule has 0 spiro atoms. The lowest BCUT2D eigenvalue weighted by Gasteiger charge is -2.09. The monoisotopic (exact) mass is 288 g/mol. The molecule has 1 aliphatic carbocycles. The topological polar surface area (TPSA) is 67.4 Å². The van der Waals surface area contributed by atoms with E-state index in [9.17, 15) is 12.8 Å². The van der Waals surface area contributed by atoms with Crippen molar-refractivity contribution in [2.24, 2.45) is 0 Å². The summed E-state index contributed by atoms with van der Waals surface area (Å²) < 4.78 is 44.1. The molecule has 0 heterocycles. The fraction of sp³-hybridized carbons (Fsp3) is 0.500. The number of sulfonamides is 1. The Hall–Kier alpha value is -1.34. The smallest absolute Gasteiger partial charge is 0.233 e. The first-order valence-electron chi connectivity index (χ1n) is 6.07. The maximum absolute atomic E-state index is 13.4. The molecule has 0 saturated heterocycles. The van der Waals surface area contributed by atoms with Crippen molar-refractivity contribution in [2.45, 2.75) is 18.9 Å². The first-order valence-corrected chi connectivity index (χ1v) is 7.73. The van der Waals surface area contributed by atoms with E-state index >= 15 is 0 Å². The quantitative estimate of drug-likeness (QED) is 0.794. The Bertz CT molecular complexity index is 544. The van der Waals surface area contributed by atoms with Crippen LogP contribution in [0.2, 0.25) is 0 Å². The lowest BCUT2D eigenvalue weighted by atomic mass is 10.3. The van der Waals surface area contributed by atoms with E-state index in [0.717, 1.165) is 18.9 Å². The molecule has 2 rings (SSSR count). The minimum atomic E-state index is -3.46. The Labute approximate surface area is 112 Å². The number of hydrogen-bond acceptors (Lipinski definition) is 4. The van der Waals surface area contributed by atoms with Gasteiger partial charge in [0.2, 0.25) is 10.0 Å². The Morgan fingerprint density at radius 1 is 1.42 bits per heavy atom. The van der Waals surface area contributed by atoms with Crippen molar-refractivity contribution in [2.75, 3.05) is 24.1 Å². The molecule has 1 aromatic carbocycles. The zero-order valence-electron chi connectivity index (χ0n) is 10.6. The normalized spacial score (nSPS) is 15.3. The molecule has 1 aromatic rings. The van der Waals surface area contributed by atoms with Crippen LogP contribution in [0.4, 0.5) is 10.1 Å². The molecule has 106 valence electrons. The van der Waals surface area contributed by atoms with Gasteiger partial charge in [0.1, 0.15) is 0 Å². The minimum absolute atomic E-state index is 0.0306. The van der Waals surface area contributed by atoms with Crippen molar-refractivity contribution >= 4 is 15.7 Å². The van der Waals surface area contributed by atoms with Crippen LogP contribution in [-0.4, -0.2) is 33.9 Å². The Morgan fingerprint density at radius 3 is 2.74 bits per heavy atom. The molecular weight excluding hydrogens is 271 g/mol. The van der Waals surface area contributed by atoms with E-state index in [4.69, 9.17) is 4.74 Å². The zero-order valence-corrected chi connectivity index (χ0v) is 11.5. The third-order valence-corrected chi connectivity index (χ3v) is 4.09. The number of methoxy groups -OCH3 is 1. The van der Waals surface area contributed by atoms with Crippen molar-refractivity contribution in [1.29, 1.82) is 0 Å². The maximum atomic E-state index is 13.4. The molecule has 19 heavy (non-hydrogen) atoms. The van der Waals surface area contributed by atoms with E-state index in [2.05, 4.69) is 10.0 Å². The molecule has 5 nitrogen and oxygen atoms in total. The molecule has 0 aromatic heterocycles. The number of benzene rings is 1. The number of rotatable bonds is 7. The second kappa shape index (κ2) is 5.75. The Morgan fingerprint density at radius 2 is 2.16 bits per heavy atom. The first kappa shape index (κ1) is 14.1. The standard InChI is InChI=1S/C12H17FN2O3S/c1-18-12-5-4-10(8-11(12)13)15-19(16,17)7-6-14-9-2-3-9/h4-5,8-9,14-15H,2-3,6-7H2,1H3. The average Bonchev–Trinajstić information content (AvgIpc) is 3.12. The third kappa shape index (κ3) is 4.36. The highest BCUT2D eigenvalue weighted by Gasteiger charge is 2.21. The molecule has 0 amide bonds. The molecular formula is C12H17FN2O3S. The molecule has 0 radical (unpaired) electrons. The minimum Gasteiger partial charge on any atom is -0.494 e. The second-order valence-corrected chi connectivity index (χ2v) is 6.34. The van der Waals surface area contributed by atoms with Gasteiger partial charge in [-0.1, -0.05) is 0 Å². The molecule has 1 saturated carbocycles. The van der Waals surface area contributed by atoms with Gasteiger partial charge >= 0.3 is 0 Å². The molecule has 1 fully saturated rings. The van der Waals surface area contributed by atoms with E-state index in [-0.39, 0.29) is 17.2 Å². The van der Waals surface area contributed by atoms with Crippen LogP contribution in [0.25, 0.3) is 0 Å². The third-order valence-electron chi connectivity index (χ3n) is 2.81. The van der Waals surface area contributed by atoms with Crippen LogP contribution in [0.5, 0.6) is 5.75 Å². The van der Waals surface area contributed by atoms with Crippen LogP contribution >= 0.6 is 0 Å². The van der Waals surface area contributed by atoms with Gasteiger partial charge in [0.25, 0.3) is 0 Å². The molecule has 0 atom stereocenters. The van der Waals surface area contributed by atoms with Crippen molar-refractivity contribution in [1.82, 2.24) is 5.32 Å². The van der Waals surface area contributed by atoms with Gasteiger partial charge in [-0.05, 0) is 25.0 Å². The predicted molar refractivity (Wildman–Crippen MR) is 71.4 cm³/mol. The molecule has 2 N–H and O–H groups in total. The molecule has 0 bridgehead atoms. The van der Waals surface area contributed by atoms with E-state index < -0.39 is 15.8 Å². The lowest BCUT2D eigenvalue weighted by molar-refractivity contribution is 0.386. The summed E-state index contributed by atoms with van der Waals surface area (Å²) in [5, 5.41) is 3.11. The lowest BCUT2D eigenvalue weighted by Crippen LogP contribution is -2.28. The van der Waals surface area contributed by atoms with E-state index in [0.29, 0.717) is 12.6 Å². The average molecular weight is 288 g/mol. The number of nitrogens with one attached hydrogen (secondary N) is 2. The summed E-state index contributed by atoms with van der Waals surface area (Å²) in [4.78, 5) is 0. The summed E-state index contributed by atoms with van der Waals surface area (Å²) in [5.74, 6) is -0.547. The van der Waals surface area contributed by atoms with Crippen molar-refractivity contribution in [3.8, 4) is 5.75 Å². The summed E-state index contributed by atoms with van der Waals surface area (Å²) in [7, 11) is -2.11. The van der Waals surface area contributed by atoms with E-state index in [1.807, 2.05) is 0 Å². The fourth-order valence-corrected chi connectivity index (χ4v) is 2.62.